The highest BCUT2D eigenvalue weighted by Crippen LogP contribution is 2.34. The molecule has 2 heterocycles. The number of halogens is 2. The van der Waals surface area contributed by atoms with Crippen LogP contribution in [-0.4, -0.2) is 70.5 Å². The van der Waals surface area contributed by atoms with Gasteiger partial charge < -0.3 is 24.4 Å². The van der Waals surface area contributed by atoms with E-state index in [1.54, 1.807) is 11.0 Å². The third-order valence-electron chi connectivity index (χ3n) is 5.32. The molecule has 2 atom stereocenters. The maximum atomic E-state index is 14.8. The molecular weight excluding hydrogens is 388 g/mol. The lowest BCUT2D eigenvalue weighted by molar-refractivity contribution is -0.249. The minimum Gasteiger partial charge on any atom is -0.442 e. The van der Waals surface area contributed by atoms with Gasteiger partial charge in [0.25, 0.3) is 0 Å². The lowest BCUT2D eigenvalue weighted by Gasteiger charge is -2.43. The second kappa shape index (κ2) is 8.50. The number of anilines is 2. The summed E-state index contributed by atoms with van der Waals surface area (Å²) in [6.45, 7) is 2.02. The number of hydrogen-bond donors (Lipinski definition) is 1. The number of rotatable bonds is 6. The number of cyclic esters (lactones) is 1. The summed E-state index contributed by atoms with van der Waals surface area (Å²) in [5, 5.41) is 2.58. The Morgan fingerprint density at radius 3 is 2.66 bits per heavy atom. The molecule has 0 bridgehead atoms. The Balaban J connectivity index is 1.70. The van der Waals surface area contributed by atoms with E-state index in [1.165, 1.54) is 38.2 Å². The van der Waals surface area contributed by atoms with Gasteiger partial charge in [0.2, 0.25) is 11.7 Å². The molecule has 160 valence electrons. The van der Waals surface area contributed by atoms with Gasteiger partial charge in [0.15, 0.2) is 6.17 Å². The fourth-order valence-corrected chi connectivity index (χ4v) is 3.65. The van der Waals surface area contributed by atoms with E-state index in [-0.39, 0.29) is 37.6 Å². The third-order valence-corrected chi connectivity index (χ3v) is 5.32. The first kappa shape index (κ1) is 21.3. The number of hydrogen-bond acceptors (Lipinski definition) is 6. The van der Waals surface area contributed by atoms with Gasteiger partial charge in [0, 0.05) is 34.1 Å². The third kappa shape index (κ3) is 4.27. The standard InChI is InChI=1S/C19H25F2N3O5/c1-12(25)22-9-14-10-24(18(26)29-14)13-4-5-16(15(20)8-13)23-7-6-19(27-2,28-3)17(21)11-23/h4-5,8,14,17H,6-7,9-11H2,1-3H3,(H,22,25)/t14?,17-/m0/s1. The van der Waals surface area contributed by atoms with Crippen LogP contribution in [0.3, 0.4) is 0 Å². The van der Waals surface area contributed by atoms with Gasteiger partial charge in [-0.1, -0.05) is 0 Å². The molecule has 1 unspecified atom stereocenters. The van der Waals surface area contributed by atoms with E-state index in [0.717, 1.165) is 0 Å². The monoisotopic (exact) mass is 413 g/mol. The van der Waals surface area contributed by atoms with Crippen LogP contribution in [0.25, 0.3) is 0 Å². The molecule has 2 aliphatic heterocycles. The molecule has 0 aromatic heterocycles. The fourth-order valence-electron chi connectivity index (χ4n) is 3.65. The summed E-state index contributed by atoms with van der Waals surface area (Å²) < 4.78 is 45.0. The highest BCUT2D eigenvalue weighted by molar-refractivity contribution is 5.90. The Hall–Kier alpha value is -2.46. The fraction of sp³-hybridized carbons (Fsp3) is 0.579. The van der Waals surface area contributed by atoms with Crippen LogP contribution in [-0.2, 0) is 19.0 Å². The van der Waals surface area contributed by atoms with Crippen LogP contribution in [0.2, 0.25) is 0 Å². The van der Waals surface area contributed by atoms with Crippen molar-refractivity contribution in [2.75, 3.05) is 50.2 Å². The first-order valence-corrected chi connectivity index (χ1v) is 9.31. The van der Waals surface area contributed by atoms with E-state index in [4.69, 9.17) is 14.2 Å². The summed E-state index contributed by atoms with van der Waals surface area (Å²) in [6, 6.07) is 4.32. The van der Waals surface area contributed by atoms with Gasteiger partial charge in [-0.15, -0.1) is 0 Å². The lowest BCUT2D eigenvalue weighted by atomic mass is 10.0. The zero-order valence-corrected chi connectivity index (χ0v) is 16.6. The van der Waals surface area contributed by atoms with Crippen molar-refractivity contribution in [3.63, 3.8) is 0 Å². The molecular formula is C19H25F2N3O5. The Morgan fingerprint density at radius 1 is 1.34 bits per heavy atom. The van der Waals surface area contributed by atoms with Gasteiger partial charge in [-0.3, -0.25) is 9.69 Å². The predicted molar refractivity (Wildman–Crippen MR) is 101 cm³/mol. The van der Waals surface area contributed by atoms with Crippen molar-refractivity contribution in [2.45, 2.75) is 31.4 Å². The SMILES string of the molecule is COC1(OC)CCN(c2ccc(N3CC(CNC(C)=O)OC3=O)cc2F)C[C@@H]1F. The Bertz CT molecular complexity index is 774. The maximum Gasteiger partial charge on any atom is 0.414 e. The maximum absolute atomic E-state index is 14.8. The summed E-state index contributed by atoms with van der Waals surface area (Å²) in [4.78, 5) is 26.0. The Labute approximate surface area is 167 Å². The van der Waals surface area contributed by atoms with Crippen molar-refractivity contribution in [2.24, 2.45) is 0 Å². The highest BCUT2D eigenvalue weighted by atomic mass is 19.1. The number of alkyl halides is 1. The van der Waals surface area contributed by atoms with E-state index in [9.17, 15) is 18.4 Å². The van der Waals surface area contributed by atoms with E-state index in [1.807, 2.05) is 0 Å². The van der Waals surface area contributed by atoms with Crippen LogP contribution in [0.1, 0.15) is 13.3 Å². The number of ether oxygens (including phenoxy) is 3. The summed E-state index contributed by atoms with van der Waals surface area (Å²) in [7, 11) is 2.77. The van der Waals surface area contributed by atoms with E-state index < -0.39 is 30.0 Å². The molecule has 3 rings (SSSR count). The lowest BCUT2D eigenvalue weighted by Crippen LogP contribution is -2.56. The zero-order chi connectivity index (χ0) is 21.2. The van der Waals surface area contributed by atoms with Crippen LogP contribution in [0.4, 0.5) is 25.0 Å². The Morgan fingerprint density at radius 2 is 2.07 bits per heavy atom. The molecule has 2 fully saturated rings. The minimum atomic E-state index is -1.45. The molecule has 2 amide bonds. The average Bonchev–Trinajstić information content (AvgIpc) is 3.07. The van der Waals surface area contributed by atoms with Crippen LogP contribution >= 0.6 is 0 Å². The first-order valence-electron chi connectivity index (χ1n) is 9.31. The summed E-state index contributed by atoms with van der Waals surface area (Å²) in [5.41, 5.74) is 0.568. The molecule has 2 saturated heterocycles. The van der Waals surface area contributed by atoms with Gasteiger partial charge in [0.05, 0.1) is 31.0 Å². The largest absolute Gasteiger partial charge is 0.442 e. The van der Waals surface area contributed by atoms with Crippen LogP contribution < -0.4 is 15.1 Å². The predicted octanol–water partition coefficient (Wildman–Crippen LogP) is 1.82. The van der Waals surface area contributed by atoms with Crippen molar-refractivity contribution in [3.8, 4) is 0 Å². The van der Waals surface area contributed by atoms with Crippen molar-refractivity contribution in [1.82, 2.24) is 5.32 Å². The molecule has 0 aliphatic carbocycles. The smallest absolute Gasteiger partial charge is 0.414 e. The molecule has 8 nitrogen and oxygen atoms in total. The number of carbonyl (C=O) groups is 2. The molecule has 1 N–H and O–H groups in total. The summed E-state index contributed by atoms with van der Waals surface area (Å²) >= 11 is 0. The summed E-state index contributed by atoms with van der Waals surface area (Å²) in [6.07, 6.45) is -2.33. The normalized spacial score (nSPS) is 23.8. The van der Waals surface area contributed by atoms with Crippen molar-refractivity contribution < 1.29 is 32.6 Å². The highest BCUT2D eigenvalue weighted by Gasteiger charge is 2.45. The number of methoxy groups -OCH3 is 2. The van der Waals surface area contributed by atoms with Crippen molar-refractivity contribution >= 4 is 23.4 Å². The minimum absolute atomic E-state index is 0.0809. The Kier molecular flexibility index (Phi) is 6.23. The topological polar surface area (TPSA) is 80.3 Å². The van der Waals surface area contributed by atoms with Gasteiger partial charge >= 0.3 is 6.09 Å². The number of carbonyl (C=O) groups excluding carboxylic acids is 2. The molecule has 0 spiro atoms. The van der Waals surface area contributed by atoms with Gasteiger partial charge in [-0.2, -0.15) is 0 Å². The summed E-state index contributed by atoms with van der Waals surface area (Å²) in [5.74, 6) is -2.13. The number of piperidine rings is 1. The van der Waals surface area contributed by atoms with Crippen molar-refractivity contribution in [1.29, 1.82) is 0 Å². The van der Waals surface area contributed by atoms with E-state index in [2.05, 4.69) is 5.32 Å². The first-order chi connectivity index (χ1) is 13.8. The number of nitrogens with zero attached hydrogens (tertiary/aromatic N) is 2. The number of amides is 2. The molecule has 2 aliphatic rings. The van der Waals surface area contributed by atoms with Gasteiger partial charge in [-0.25, -0.2) is 13.6 Å². The van der Waals surface area contributed by atoms with Crippen molar-refractivity contribution in [3.05, 3.63) is 24.0 Å². The van der Waals surface area contributed by atoms with Crippen LogP contribution in [0.5, 0.6) is 0 Å². The zero-order valence-electron chi connectivity index (χ0n) is 16.6. The second-order valence-electron chi connectivity index (χ2n) is 7.07. The second-order valence-corrected chi connectivity index (χ2v) is 7.07. The molecule has 1 aromatic carbocycles. The average molecular weight is 413 g/mol. The van der Waals surface area contributed by atoms with E-state index >= 15 is 0 Å². The molecule has 1 aromatic rings. The van der Waals surface area contributed by atoms with Gasteiger partial charge in [0.1, 0.15) is 11.9 Å². The van der Waals surface area contributed by atoms with Crippen LogP contribution in [0.15, 0.2) is 18.2 Å². The quantitative estimate of drug-likeness (QED) is 0.717. The number of benzene rings is 1. The molecule has 0 radical (unpaired) electrons. The number of nitrogens with one attached hydrogen (secondary N) is 1. The van der Waals surface area contributed by atoms with Gasteiger partial charge in [-0.05, 0) is 18.2 Å². The molecule has 10 heteroatoms. The van der Waals surface area contributed by atoms with E-state index in [0.29, 0.717) is 12.2 Å². The molecule has 0 saturated carbocycles. The molecule has 29 heavy (non-hydrogen) atoms. The van der Waals surface area contributed by atoms with Crippen LogP contribution in [0, 0.1) is 5.82 Å².